The van der Waals surface area contributed by atoms with E-state index >= 15 is 0 Å². The molecule has 1 saturated heterocycles. The smallest absolute Gasteiger partial charge is 0.409 e. The van der Waals surface area contributed by atoms with Crippen molar-refractivity contribution >= 4 is 17.2 Å². The third kappa shape index (κ3) is 6.25. The number of benzene rings is 1. The first-order valence-corrected chi connectivity index (χ1v) is 11.7. The Morgan fingerprint density at radius 3 is 2.59 bits per heavy atom. The number of carbonyl (C=O) groups excluding carboxylic acids is 1. The van der Waals surface area contributed by atoms with Gasteiger partial charge in [0.15, 0.2) is 11.1 Å². The van der Waals surface area contributed by atoms with E-state index in [-0.39, 0.29) is 30.2 Å². The minimum Gasteiger partial charge on any atom is -0.453 e. The van der Waals surface area contributed by atoms with Crippen molar-refractivity contribution in [2.45, 2.75) is 62.6 Å². The molecule has 3 unspecified atom stereocenters. The quantitative estimate of drug-likeness (QED) is 0.654. The number of likely N-dealkylation sites (tertiary alicyclic amines) is 1. The lowest BCUT2D eigenvalue weighted by atomic mass is 9.83. The van der Waals surface area contributed by atoms with Crippen LogP contribution < -0.4 is 5.32 Å². The molecule has 3 atom stereocenters. The highest BCUT2D eigenvalue weighted by Gasteiger charge is 2.36. The van der Waals surface area contributed by atoms with E-state index in [1.807, 2.05) is 6.07 Å². The van der Waals surface area contributed by atoms with Crippen molar-refractivity contribution < 1.29 is 23.0 Å². The van der Waals surface area contributed by atoms with Gasteiger partial charge in [0.25, 0.3) is 0 Å². The van der Waals surface area contributed by atoms with Crippen LogP contribution in [0.3, 0.4) is 0 Å². The van der Waals surface area contributed by atoms with Crippen molar-refractivity contribution in [2.24, 2.45) is 0 Å². The highest BCUT2D eigenvalue weighted by Crippen LogP contribution is 2.34. The van der Waals surface area contributed by atoms with Crippen molar-refractivity contribution in [2.75, 3.05) is 26.1 Å². The summed E-state index contributed by atoms with van der Waals surface area (Å²) in [4.78, 5) is 13.9. The van der Waals surface area contributed by atoms with Gasteiger partial charge in [-0.3, -0.25) is 5.32 Å². The molecule has 0 aromatic heterocycles. The first-order chi connectivity index (χ1) is 14.1. The molecule has 1 saturated carbocycles. The molecule has 0 spiro atoms. The molecule has 29 heavy (non-hydrogen) atoms. The molecule has 1 aliphatic carbocycles. The minimum absolute atomic E-state index is 0.0155. The summed E-state index contributed by atoms with van der Waals surface area (Å²) in [5.74, 6) is 0.574. The molecule has 2 N–H and O–H groups in total. The first kappa shape index (κ1) is 22.2. The molecular weight excluding hydrogens is 392 g/mol. The van der Waals surface area contributed by atoms with Crippen molar-refractivity contribution in [3.63, 3.8) is 0 Å². The van der Waals surface area contributed by atoms with E-state index in [9.17, 15) is 9.00 Å². The summed E-state index contributed by atoms with van der Waals surface area (Å²) < 4.78 is 31.4. The van der Waals surface area contributed by atoms with Crippen molar-refractivity contribution in [3.8, 4) is 0 Å². The highest BCUT2D eigenvalue weighted by molar-refractivity contribution is 7.79. The summed E-state index contributed by atoms with van der Waals surface area (Å²) >= 11 is -1.92. The van der Waals surface area contributed by atoms with Crippen LogP contribution in [-0.4, -0.2) is 64.1 Å². The standard InChI is InChI=1S/C21H32N2O5S/c1-27-21(24)23-13-5-8-19(22-15-29(25)26)20(23)14-28-18-11-9-17(10-12-18)16-6-3-2-4-7-16/h2-4,6-7,17-20,22H,5,8-15H2,1H3,(H,25,26). The second-order valence-electron chi connectivity index (χ2n) is 7.87. The predicted molar refractivity (Wildman–Crippen MR) is 112 cm³/mol. The first-order valence-electron chi connectivity index (χ1n) is 10.4. The van der Waals surface area contributed by atoms with Crippen LogP contribution in [-0.2, 0) is 20.6 Å². The average Bonchev–Trinajstić information content (AvgIpc) is 2.76. The number of carbonyl (C=O) groups is 1. The Labute approximate surface area is 175 Å². The van der Waals surface area contributed by atoms with E-state index in [0.29, 0.717) is 19.1 Å². The maximum absolute atomic E-state index is 12.2. The second-order valence-corrected chi connectivity index (χ2v) is 8.80. The lowest BCUT2D eigenvalue weighted by molar-refractivity contribution is -0.0262. The number of ether oxygens (including phenoxy) is 2. The van der Waals surface area contributed by atoms with Gasteiger partial charge in [0.2, 0.25) is 0 Å². The number of hydrogen-bond donors (Lipinski definition) is 2. The van der Waals surface area contributed by atoms with Gasteiger partial charge < -0.3 is 18.9 Å². The molecule has 7 nitrogen and oxygen atoms in total. The van der Waals surface area contributed by atoms with Gasteiger partial charge in [0, 0.05) is 12.6 Å². The Balaban J connectivity index is 1.55. The number of amides is 1. The van der Waals surface area contributed by atoms with Crippen LogP contribution in [0.2, 0.25) is 0 Å². The molecule has 2 fully saturated rings. The largest absolute Gasteiger partial charge is 0.453 e. The van der Waals surface area contributed by atoms with Gasteiger partial charge in [-0.15, -0.1) is 0 Å². The van der Waals surface area contributed by atoms with Gasteiger partial charge in [-0.2, -0.15) is 0 Å². The number of hydrogen-bond acceptors (Lipinski definition) is 5. The van der Waals surface area contributed by atoms with Crippen LogP contribution >= 0.6 is 0 Å². The molecule has 2 aliphatic rings. The molecule has 1 aromatic rings. The molecule has 162 valence electrons. The average molecular weight is 425 g/mol. The van der Waals surface area contributed by atoms with Gasteiger partial charge in [-0.1, -0.05) is 30.3 Å². The lowest BCUT2D eigenvalue weighted by Gasteiger charge is -2.41. The number of rotatable bonds is 7. The lowest BCUT2D eigenvalue weighted by Crippen LogP contribution is -2.58. The van der Waals surface area contributed by atoms with E-state index in [4.69, 9.17) is 14.0 Å². The maximum atomic E-state index is 12.2. The third-order valence-corrected chi connectivity index (χ3v) is 6.52. The fourth-order valence-corrected chi connectivity index (χ4v) is 4.90. The fraction of sp³-hybridized carbons (Fsp3) is 0.667. The molecular formula is C21H32N2O5S. The molecule has 1 aromatic carbocycles. The van der Waals surface area contributed by atoms with Gasteiger partial charge in [-0.05, 0) is 50.0 Å². The summed E-state index contributed by atoms with van der Waals surface area (Å²) in [5.41, 5.74) is 1.40. The van der Waals surface area contributed by atoms with E-state index in [2.05, 4.69) is 29.6 Å². The molecule has 3 rings (SSSR count). The van der Waals surface area contributed by atoms with E-state index in [1.165, 1.54) is 12.7 Å². The van der Waals surface area contributed by atoms with Crippen LogP contribution in [0, 0.1) is 0 Å². The van der Waals surface area contributed by atoms with Crippen LogP contribution in [0.25, 0.3) is 0 Å². The van der Waals surface area contributed by atoms with Crippen molar-refractivity contribution in [1.29, 1.82) is 0 Å². The fourth-order valence-electron chi connectivity index (χ4n) is 4.55. The zero-order chi connectivity index (χ0) is 20.6. The number of piperidine rings is 1. The summed E-state index contributed by atoms with van der Waals surface area (Å²) in [6.45, 7) is 1.02. The van der Waals surface area contributed by atoms with Crippen molar-refractivity contribution in [3.05, 3.63) is 35.9 Å². The van der Waals surface area contributed by atoms with E-state index in [0.717, 1.165) is 38.5 Å². The Bertz CT molecular complexity index is 666. The Kier molecular flexibility index (Phi) is 8.47. The third-order valence-electron chi connectivity index (χ3n) is 6.10. The number of nitrogens with one attached hydrogen (secondary N) is 1. The predicted octanol–water partition coefficient (Wildman–Crippen LogP) is 3.10. The van der Waals surface area contributed by atoms with E-state index in [1.54, 1.807) is 4.90 Å². The molecule has 0 radical (unpaired) electrons. The SMILES string of the molecule is COC(=O)N1CCCC(NCS(=O)O)C1COC1CCC(c2ccccc2)CC1. The summed E-state index contributed by atoms with van der Waals surface area (Å²) in [6.07, 6.45) is 5.68. The Hall–Kier alpha value is -1.48. The normalized spacial score (nSPS) is 28.7. The number of methoxy groups -OCH3 is 1. The second kappa shape index (κ2) is 11.1. The molecule has 0 bridgehead atoms. The van der Waals surface area contributed by atoms with Crippen LogP contribution in [0.5, 0.6) is 0 Å². The zero-order valence-corrected chi connectivity index (χ0v) is 17.8. The zero-order valence-electron chi connectivity index (χ0n) is 17.0. The molecule has 1 heterocycles. The summed E-state index contributed by atoms with van der Waals surface area (Å²) in [6, 6.07) is 10.3. The van der Waals surface area contributed by atoms with Crippen LogP contribution in [0.1, 0.15) is 50.0 Å². The monoisotopic (exact) mass is 424 g/mol. The van der Waals surface area contributed by atoms with Crippen LogP contribution in [0.4, 0.5) is 4.79 Å². The molecule has 1 aliphatic heterocycles. The van der Waals surface area contributed by atoms with Crippen molar-refractivity contribution in [1.82, 2.24) is 10.2 Å². The van der Waals surface area contributed by atoms with Gasteiger partial charge >= 0.3 is 6.09 Å². The Morgan fingerprint density at radius 2 is 1.93 bits per heavy atom. The summed E-state index contributed by atoms with van der Waals surface area (Å²) in [7, 11) is 1.38. The Morgan fingerprint density at radius 1 is 1.21 bits per heavy atom. The van der Waals surface area contributed by atoms with Gasteiger partial charge in [0.1, 0.15) is 0 Å². The van der Waals surface area contributed by atoms with Gasteiger partial charge in [0.05, 0.1) is 31.7 Å². The minimum atomic E-state index is -1.92. The van der Waals surface area contributed by atoms with E-state index < -0.39 is 11.1 Å². The maximum Gasteiger partial charge on any atom is 0.409 e. The number of nitrogens with zero attached hydrogens (tertiary/aromatic N) is 1. The molecule has 8 heteroatoms. The topological polar surface area (TPSA) is 88.1 Å². The van der Waals surface area contributed by atoms with Gasteiger partial charge in [-0.25, -0.2) is 9.00 Å². The van der Waals surface area contributed by atoms with Crippen LogP contribution in [0.15, 0.2) is 30.3 Å². The molecule has 1 amide bonds. The summed E-state index contributed by atoms with van der Waals surface area (Å²) in [5, 5.41) is 3.12. The highest BCUT2D eigenvalue weighted by atomic mass is 32.2.